The number of aliphatic hydroxyl groups excluding tert-OH is 1. The summed E-state index contributed by atoms with van der Waals surface area (Å²) in [6, 6.07) is 9.16. The number of ketones is 1. The Bertz CT molecular complexity index is 1110. The van der Waals surface area contributed by atoms with Crippen molar-refractivity contribution in [1.29, 1.82) is 0 Å². The maximum Gasteiger partial charge on any atom is 0.338 e. The molecule has 4 aliphatic rings. The third-order valence-corrected chi connectivity index (χ3v) is 11.1. The first-order chi connectivity index (χ1) is 18.1. The van der Waals surface area contributed by atoms with Gasteiger partial charge in [-0.3, -0.25) is 9.59 Å². The molecule has 6 nitrogen and oxygen atoms in total. The van der Waals surface area contributed by atoms with Gasteiger partial charge in [-0.2, -0.15) is 0 Å². The summed E-state index contributed by atoms with van der Waals surface area (Å²) >= 11 is 0. The lowest BCUT2D eigenvalue weighted by molar-refractivity contribution is -0.170. The number of esters is 2. The molecule has 0 radical (unpaired) electrons. The molecule has 1 N–H and O–H groups in total. The Kier molecular flexibility index (Phi) is 7.32. The Morgan fingerprint density at radius 3 is 2.58 bits per heavy atom. The highest BCUT2D eigenvalue weighted by molar-refractivity contribution is 5.91. The third-order valence-electron chi connectivity index (χ3n) is 11.1. The molecular weight excluding hydrogens is 480 g/mol. The van der Waals surface area contributed by atoms with Crippen LogP contribution in [0.25, 0.3) is 0 Å². The molecule has 1 aromatic carbocycles. The van der Waals surface area contributed by atoms with Gasteiger partial charge in [0.1, 0.15) is 6.10 Å². The summed E-state index contributed by atoms with van der Waals surface area (Å²) in [5.74, 6) is 0.588. The first-order valence-electron chi connectivity index (χ1n) is 14.3. The van der Waals surface area contributed by atoms with Crippen LogP contribution in [0.5, 0.6) is 0 Å². The van der Waals surface area contributed by atoms with Crippen molar-refractivity contribution in [2.45, 2.75) is 84.3 Å². The minimum Gasteiger partial charge on any atom is -0.469 e. The van der Waals surface area contributed by atoms with Crippen molar-refractivity contribution in [3.63, 3.8) is 0 Å². The van der Waals surface area contributed by atoms with E-state index in [0.717, 1.165) is 31.3 Å². The lowest BCUT2D eigenvalue weighted by atomic mass is 9.45. The maximum atomic E-state index is 13.4. The molecule has 0 aromatic heterocycles. The molecule has 1 aromatic rings. The summed E-state index contributed by atoms with van der Waals surface area (Å²) < 4.78 is 11.4. The van der Waals surface area contributed by atoms with E-state index in [1.165, 1.54) is 7.11 Å². The van der Waals surface area contributed by atoms with E-state index in [1.807, 2.05) is 18.2 Å². The minimum atomic E-state index is -0.510. The topological polar surface area (TPSA) is 89.9 Å². The zero-order valence-corrected chi connectivity index (χ0v) is 23.2. The normalized spacial score (nSPS) is 38.8. The van der Waals surface area contributed by atoms with Gasteiger partial charge in [-0.1, -0.05) is 44.5 Å². The molecule has 6 heteroatoms. The lowest BCUT2D eigenvalue weighted by Gasteiger charge is -2.61. The van der Waals surface area contributed by atoms with E-state index in [9.17, 15) is 19.5 Å². The molecule has 0 bridgehead atoms. The molecular formula is C32H42O6. The molecule has 206 valence electrons. The smallest absolute Gasteiger partial charge is 0.338 e. The van der Waals surface area contributed by atoms with Crippen LogP contribution in [0.15, 0.2) is 42.0 Å². The molecule has 0 saturated heterocycles. The van der Waals surface area contributed by atoms with E-state index in [1.54, 1.807) is 18.2 Å². The predicted octanol–water partition coefficient (Wildman–Crippen LogP) is 5.53. The van der Waals surface area contributed by atoms with E-state index in [-0.39, 0.29) is 64.2 Å². The standard InChI is InChI=1S/C32H42O6/c1-19(10-13-28(35)37-4)23-11-12-24-29-25(31(2)15-14-22(33)16-21(31)17-26(29)34)18-27(32(23,24)3)38-30(36)20-8-6-5-7-9-20/h5-9,16,19,23-27,29,34H,10-15,17-18H2,1-4H3/t19-,23-,24?,25?,26-,27+,29?,31+,32-/m1/s1. The molecule has 0 aliphatic heterocycles. The van der Waals surface area contributed by atoms with Gasteiger partial charge < -0.3 is 14.6 Å². The Balaban J connectivity index is 1.51. The summed E-state index contributed by atoms with van der Waals surface area (Å²) in [7, 11) is 1.42. The van der Waals surface area contributed by atoms with Crippen LogP contribution in [0.3, 0.4) is 0 Å². The summed E-state index contributed by atoms with van der Waals surface area (Å²) in [6.07, 6.45) is 6.56. The van der Waals surface area contributed by atoms with Crippen LogP contribution >= 0.6 is 0 Å². The average Bonchev–Trinajstić information content (AvgIpc) is 3.27. The van der Waals surface area contributed by atoms with Crippen molar-refractivity contribution in [2.24, 2.45) is 40.4 Å². The number of carbonyl (C=O) groups is 3. The van der Waals surface area contributed by atoms with Crippen LogP contribution in [0.4, 0.5) is 0 Å². The van der Waals surface area contributed by atoms with Gasteiger partial charge >= 0.3 is 11.9 Å². The van der Waals surface area contributed by atoms with Crippen molar-refractivity contribution < 1.29 is 29.0 Å². The van der Waals surface area contributed by atoms with Crippen molar-refractivity contribution >= 4 is 17.7 Å². The Labute approximate surface area is 226 Å². The van der Waals surface area contributed by atoms with E-state index in [4.69, 9.17) is 9.47 Å². The molecule has 0 spiro atoms. The number of benzene rings is 1. The maximum absolute atomic E-state index is 13.4. The molecule has 3 unspecified atom stereocenters. The van der Waals surface area contributed by atoms with Gasteiger partial charge in [0.2, 0.25) is 0 Å². The SMILES string of the molecule is COC(=O)CC[C@@H](C)[C@H]1CCC2C3C(C[C@H](OC(=O)c4ccccc4)[C@@]21C)[C@@]1(C)CCC(=O)C=C1C[C@H]3O. The number of aliphatic hydroxyl groups is 1. The second-order valence-electron chi connectivity index (χ2n) is 12.8. The number of carbonyl (C=O) groups excluding carboxylic acids is 3. The number of fused-ring (bicyclic) bond motifs is 5. The van der Waals surface area contributed by atoms with Crippen molar-refractivity contribution in [3.8, 4) is 0 Å². The zero-order chi connectivity index (χ0) is 27.2. The quantitative estimate of drug-likeness (QED) is 0.494. The fourth-order valence-corrected chi connectivity index (χ4v) is 9.03. The van der Waals surface area contributed by atoms with Crippen LogP contribution in [0.1, 0.15) is 82.5 Å². The first-order valence-corrected chi connectivity index (χ1v) is 14.3. The highest BCUT2D eigenvalue weighted by Gasteiger charge is 2.66. The van der Waals surface area contributed by atoms with Crippen LogP contribution in [-0.2, 0) is 19.1 Å². The number of rotatable bonds is 6. The summed E-state index contributed by atoms with van der Waals surface area (Å²) in [5, 5.41) is 11.6. The largest absolute Gasteiger partial charge is 0.469 e. The molecule has 0 amide bonds. The Morgan fingerprint density at radius 2 is 1.87 bits per heavy atom. The number of hydrogen-bond acceptors (Lipinski definition) is 6. The van der Waals surface area contributed by atoms with Crippen molar-refractivity contribution in [1.82, 2.24) is 0 Å². The van der Waals surface area contributed by atoms with Crippen LogP contribution in [0.2, 0.25) is 0 Å². The van der Waals surface area contributed by atoms with Gasteiger partial charge in [0.15, 0.2) is 5.78 Å². The Morgan fingerprint density at radius 1 is 1.13 bits per heavy atom. The van der Waals surface area contributed by atoms with Crippen LogP contribution < -0.4 is 0 Å². The van der Waals surface area contributed by atoms with Gasteiger partial charge in [-0.25, -0.2) is 4.79 Å². The molecule has 3 fully saturated rings. The molecule has 0 heterocycles. The number of methoxy groups -OCH3 is 1. The summed E-state index contributed by atoms with van der Waals surface area (Å²) in [6.45, 7) is 6.74. The summed E-state index contributed by atoms with van der Waals surface area (Å²) in [4.78, 5) is 37.7. The van der Waals surface area contributed by atoms with E-state index in [2.05, 4.69) is 20.8 Å². The fraction of sp³-hybridized carbons (Fsp3) is 0.656. The zero-order valence-electron chi connectivity index (χ0n) is 23.2. The second kappa shape index (κ2) is 10.3. The minimum absolute atomic E-state index is 0.0971. The van der Waals surface area contributed by atoms with E-state index < -0.39 is 6.10 Å². The molecule has 9 atom stereocenters. The van der Waals surface area contributed by atoms with Gasteiger partial charge in [0.25, 0.3) is 0 Å². The lowest BCUT2D eigenvalue weighted by Crippen LogP contribution is -2.61. The fourth-order valence-electron chi connectivity index (χ4n) is 9.03. The van der Waals surface area contributed by atoms with Crippen molar-refractivity contribution in [3.05, 3.63) is 47.5 Å². The van der Waals surface area contributed by atoms with E-state index >= 15 is 0 Å². The van der Waals surface area contributed by atoms with Crippen molar-refractivity contribution in [2.75, 3.05) is 7.11 Å². The molecule has 4 aliphatic carbocycles. The number of hydrogen-bond donors (Lipinski definition) is 1. The average molecular weight is 523 g/mol. The molecule has 5 rings (SSSR count). The van der Waals surface area contributed by atoms with Gasteiger partial charge in [-0.15, -0.1) is 0 Å². The van der Waals surface area contributed by atoms with Gasteiger partial charge in [0, 0.05) is 18.3 Å². The predicted molar refractivity (Wildman–Crippen MR) is 143 cm³/mol. The van der Waals surface area contributed by atoms with Gasteiger partial charge in [-0.05, 0) is 91.7 Å². The Hall–Kier alpha value is -2.47. The third kappa shape index (κ3) is 4.43. The van der Waals surface area contributed by atoms with Crippen LogP contribution in [0, 0.1) is 40.4 Å². The van der Waals surface area contributed by atoms with Gasteiger partial charge in [0.05, 0.1) is 18.8 Å². The molecule has 38 heavy (non-hydrogen) atoms. The highest BCUT2D eigenvalue weighted by atomic mass is 16.5. The monoisotopic (exact) mass is 522 g/mol. The first kappa shape index (κ1) is 27.1. The van der Waals surface area contributed by atoms with E-state index in [0.29, 0.717) is 31.2 Å². The molecule has 3 saturated carbocycles. The summed E-state index contributed by atoms with van der Waals surface area (Å²) in [5.41, 5.74) is 1.12. The highest BCUT2D eigenvalue weighted by Crippen LogP contribution is 2.68. The number of ether oxygens (including phenoxy) is 2. The second-order valence-corrected chi connectivity index (χ2v) is 12.8. The van der Waals surface area contributed by atoms with Crippen LogP contribution in [-0.4, -0.2) is 42.1 Å².